The molecule has 46 valence electrons. The normalized spacial score (nSPS) is 46.1. The molecule has 1 nitrogen and oxygen atoms in total. The summed E-state index contributed by atoms with van der Waals surface area (Å²) in [5, 5.41) is 0. The van der Waals surface area contributed by atoms with Gasteiger partial charge in [-0.15, -0.1) is 0 Å². The Bertz CT molecular complexity index is 93.8. The molecule has 2 rings (SSSR count). The Labute approximate surface area is 50.0 Å². The van der Waals surface area contributed by atoms with Crippen molar-refractivity contribution in [2.75, 3.05) is 0 Å². The van der Waals surface area contributed by atoms with Crippen LogP contribution in [0.3, 0.4) is 0 Å². The largest absolute Gasteiger partial charge is 0.370 e. The topological polar surface area (TPSA) is 12.5 Å². The number of hydrogen-bond acceptors (Lipinski definition) is 1. The Morgan fingerprint density at radius 2 is 2.00 bits per heavy atom. The molecule has 2 atom stereocenters. The fraction of sp³-hybridized carbons (Fsp3) is 1.00. The summed E-state index contributed by atoms with van der Waals surface area (Å²) in [5.74, 6) is 0.949. The number of ether oxygens (including phenoxy) is 1. The van der Waals surface area contributed by atoms with Gasteiger partial charge in [0.2, 0.25) is 0 Å². The van der Waals surface area contributed by atoms with Gasteiger partial charge in [0.05, 0.1) is 12.2 Å². The first-order chi connectivity index (χ1) is 3.88. The van der Waals surface area contributed by atoms with Gasteiger partial charge in [0, 0.05) is 0 Å². The minimum atomic E-state index is 0.597. The van der Waals surface area contributed by atoms with Gasteiger partial charge >= 0.3 is 0 Å². The lowest BCUT2D eigenvalue weighted by atomic mass is 9.82. The van der Waals surface area contributed by atoms with Crippen LogP contribution in [0, 0.1) is 5.92 Å². The summed E-state index contributed by atoms with van der Waals surface area (Å²) in [7, 11) is 0. The molecule has 0 amide bonds. The van der Waals surface area contributed by atoms with Crippen molar-refractivity contribution >= 4 is 0 Å². The van der Waals surface area contributed by atoms with Crippen molar-refractivity contribution in [1.29, 1.82) is 0 Å². The van der Waals surface area contributed by atoms with Crippen LogP contribution in [0.5, 0.6) is 0 Å². The van der Waals surface area contributed by atoms with Crippen molar-refractivity contribution in [1.82, 2.24) is 0 Å². The molecule has 0 spiro atoms. The second-order valence-corrected chi connectivity index (χ2v) is 3.00. The van der Waals surface area contributed by atoms with Crippen LogP contribution in [-0.2, 0) is 4.74 Å². The second-order valence-electron chi connectivity index (χ2n) is 3.00. The highest BCUT2D eigenvalue weighted by atomic mass is 16.6. The molecular weight excluding hydrogens is 100 g/mol. The van der Waals surface area contributed by atoms with Crippen LogP contribution < -0.4 is 0 Å². The summed E-state index contributed by atoms with van der Waals surface area (Å²) in [6.07, 6.45) is 5.56. The molecule has 0 aromatic rings. The van der Waals surface area contributed by atoms with E-state index in [0.717, 1.165) is 5.92 Å². The van der Waals surface area contributed by atoms with Crippen LogP contribution in [0.4, 0.5) is 0 Å². The Kier molecular flexibility index (Phi) is 0.884. The molecule has 2 aliphatic rings. The zero-order chi connectivity index (χ0) is 5.56. The van der Waals surface area contributed by atoms with Gasteiger partial charge in [-0.2, -0.15) is 0 Å². The molecule has 0 aromatic carbocycles. The third kappa shape index (κ3) is 0.576. The molecular formula is C7H12O. The summed E-state index contributed by atoms with van der Waals surface area (Å²) < 4.78 is 5.32. The van der Waals surface area contributed by atoms with E-state index < -0.39 is 0 Å². The fourth-order valence-electron chi connectivity index (χ4n) is 1.47. The van der Waals surface area contributed by atoms with Crippen LogP contribution in [0.1, 0.15) is 26.2 Å². The van der Waals surface area contributed by atoms with E-state index in [1.807, 2.05) is 0 Å². The average Bonchev–Trinajstić information content (AvgIpc) is 2.13. The van der Waals surface area contributed by atoms with Gasteiger partial charge in [0.1, 0.15) is 0 Å². The number of hydrogen-bond donors (Lipinski definition) is 0. The Hall–Kier alpha value is -0.0400. The quantitative estimate of drug-likeness (QED) is 0.469. The zero-order valence-corrected chi connectivity index (χ0v) is 5.26. The van der Waals surface area contributed by atoms with E-state index in [4.69, 9.17) is 4.74 Å². The van der Waals surface area contributed by atoms with Crippen LogP contribution >= 0.6 is 0 Å². The maximum Gasteiger partial charge on any atom is 0.0867 e. The van der Waals surface area contributed by atoms with Gasteiger partial charge in [-0.25, -0.2) is 0 Å². The second kappa shape index (κ2) is 1.47. The van der Waals surface area contributed by atoms with Crippen LogP contribution in [0.2, 0.25) is 0 Å². The standard InChI is InChI=1S/C7H12O/c1-5-7(8-5)6-3-2-4-6/h5-7H,2-4H2,1H3/t5-,7+/m1/s1. The van der Waals surface area contributed by atoms with Gasteiger partial charge in [-0.3, -0.25) is 0 Å². The van der Waals surface area contributed by atoms with Crippen molar-refractivity contribution in [3.8, 4) is 0 Å². The Balaban J connectivity index is 1.82. The van der Waals surface area contributed by atoms with Gasteiger partial charge in [0.25, 0.3) is 0 Å². The molecule has 0 aromatic heterocycles. The van der Waals surface area contributed by atoms with Crippen molar-refractivity contribution in [3.05, 3.63) is 0 Å². The summed E-state index contributed by atoms with van der Waals surface area (Å²) in [5.41, 5.74) is 0. The van der Waals surface area contributed by atoms with Crippen molar-refractivity contribution < 1.29 is 4.74 Å². The molecule has 1 saturated carbocycles. The molecule has 0 radical (unpaired) electrons. The molecule has 0 bridgehead atoms. The maximum absolute atomic E-state index is 5.32. The van der Waals surface area contributed by atoms with Crippen LogP contribution in [0.15, 0.2) is 0 Å². The summed E-state index contributed by atoms with van der Waals surface area (Å²) in [4.78, 5) is 0. The highest BCUT2D eigenvalue weighted by molar-refractivity contribution is 4.91. The summed E-state index contributed by atoms with van der Waals surface area (Å²) in [6.45, 7) is 2.17. The first kappa shape index (κ1) is 4.80. The molecule has 1 saturated heterocycles. The highest BCUT2D eigenvalue weighted by Crippen LogP contribution is 2.40. The van der Waals surface area contributed by atoms with E-state index in [0.29, 0.717) is 12.2 Å². The number of rotatable bonds is 1. The summed E-state index contributed by atoms with van der Waals surface area (Å²) in [6, 6.07) is 0. The van der Waals surface area contributed by atoms with Gasteiger partial charge in [-0.05, 0) is 25.7 Å². The number of epoxide rings is 1. The maximum atomic E-state index is 5.32. The Morgan fingerprint density at radius 1 is 1.38 bits per heavy atom. The van der Waals surface area contributed by atoms with Crippen LogP contribution in [-0.4, -0.2) is 12.2 Å². The van der Waals surface area contributed by atoms with Crippen molar-refractivity contribution in [2.45, 2.75) is 38.4 Å². The minimum Gasteiger partial charge on any atom is -0.370 e. The van der Waals surface area contributed by atoms with E-state index in [1.54, 1.807) is 0 Å². The molecule has 1 heterocycles. The van der Waals surface area contributed by atoms with Crippen molar-refractivity contribution in [3.63, 3.8) is 0 Å². The van der Waals surface area contributed by atoms with E-state index in [-0.39, 0.29) is 0 Å². The van der Waals surface area contributed by atoms with E-state index in [2.05, 4.69) is 6.92 Å². The smallest absolute Gasteiger partial charge is 0.0867 e. The van der Waals surface area contributed by atoms with E-state index in [9.17, 15) is 0 Å². The predicted molar refractivity (Wildman–Crippen MR) is 31.7 cm³/mol. The summed E-state index contributed by atoms with van der Waals surface area (Å²) >= 11 is 0. The first-order valence-electron chi connectivity index (χ1n) is 3.53. The van der Waals surface area contributed by atoms with Crippen LogP contribution in [0.25, 0.3) is 0 Å². The molecule has 1 aliphatic carbocycles. The average molecular weight is 112 g/mol. The first-order valence-corrected chi connectivity index (χ1v) is 3.53. The molecule has 0 N–H and O–H groups in total. The molecule has 1 heteroatoms. The van der Waals surface area contributed by atoms with E-state index in [1.165, 1.54) is 19.3 Å². The minimum absolute atomic E-state index is 0.597. The fourth-order valence-corrected chi connectivity index (χ4v) is 1.47. The highest BCUT2D eigenvalue weighted by Gasteiger charge is 2.43. The zero-order valence-electron chi connectivity index (χ0n) is 5.26. The lowest BCUT2D eigenvalue weighted by molar-refractivity contribution is 0.230. The van der Waals surface area contributed by atoms with Crippen molar-refractivity contribution in [2.24, 2.45) is 5.92 Å². The lowest BCUT2D eigenvalue weighted by Crippen LogP contribution is -2.18. The molecule has 1 aliphatic heterocycles. The third-order valence-electron chi connectivity index (χ3n) is 2.37. The molecule has 0 unspecified atom stereocenters. The Morgan fingerprint density at radius 3 is 2.12 bits per heavy atom. The predicted octanol–water partition coefficient (Wildman–Crippen LogP) is 1.57. The van der Waals surface area contributed by atoms with Gasteiger partial charge in [0.15, 0.2) is 0 Å². The lowest BCUT2D eigenvalue weighted by Gasteiger charge is -2.22. The van der Waals surface area contributed by atoms with Gasteiger partial charge < -0.3 is 4.74 Å². The molecule has 8 heavy (non-hydrogen) atoms. The molecule has 2 fully saturated rings. The van der Waals surface area contributed by atoms with E-state index >= 15 is 0 Å². The SMILES string of the molecule is C[C@H]1O[C@@H]1C1CCC1. The van der Waals surface area contributed by atoms with Gasteiger partial charge in [-0.1, -0.05) is 6.42 Å². The monoisotopic (exact) mass is 112 g/mol. The third-order valence-corrected chi connectivity index (χ3v) is 2.37.